The molecule has 4 aromatic rings. The molecule has 10 heteroatoms. The van der Waals surface area contributed by atoms with Crippen molar-refractivity contribution in [2.45, 2.75) is 44.3 Å². The summed E-state index contributed by atoms with van der Waals surface area (Å²) < 4.78 is 30.3. The monoisotopic (exact) mass is 499 g/mol. The predicted molar refractivity (Wildman–Crippen MR) is 134 cm³/mol. The third-order valence-electron chi connectivity index (χ3n) is 6.76. The number of hydrogen-bond acceptors (Lipinski definition) is 6. The highest BCUT2D eigenvalue weighted by Gasteiger charge is 2.37. The van der Waals surface area contributed by atoms with E-state index in [9.17, 15) is 9.18 Å². The van der Waals surface area contributed by atoms with Gasteiger partial charge in [0.1, 0.15) is 29.0 Å². The molecule has 6 rings (SSSR count). The SMILES string of the molecule is Cc1cccc(-c2nnc([C@H]3C[C@H](NC(=O)c4ccnc5cc(F)cnc45)C3)n2C2=CC=CCC2F)n1. The van der Waals surface area contributed by atoms with E-state index in [0.29, 0.717) is 52.5 Å². The van der Waals surface area contributed by atoms with Gasteiger partial charge in [-0.3, -0.25) is 19.3 Å². The van der Waals surface area contributed by atoms with Crippen molar-refractivity contribution >= 4 is 22.6 Å². The van der Waals surface area contributed by atoms with Gasteiger partial charge in [-0.2, -0.15) is 0 Å². The van der Waals surface area contributed by atoms with Crippen LogP contribution in [0.1, 0.15) is 47.1 Å². The predicted octanol–water partition coefficient (Wildman–Crippen LogP) is 4.55. The fourth-order valence-corrected chi connectivity index (χ4v) is 4.85. The lowest BCUT2D eigenvalue weighted by molar-refractivity contribution is 0.0908. The fourth-order valence-electron chi connectivity index (χ4n) is 4.85. The highest BCUT2D eigenvalue weighted by molar-refractivity contribution is 6.04. The summed E-state index contributed by atoms with van der Waals surface area (Å²) >= 11 is 0. The van der Waals surface area contributed by atoms with Crippen LogP contribution in [-0.4, -0.2) is 47.8 Å². The maximum Gasteiger partial charge on any atom is 0.253 e. The van der Waals surface area contributed by atoms with Gasteiger partial charge >= 0.3 is 0 Å². The van der Waals surface area contributed by atoms with Gasteiger partial charge in [-0.05, 0) is 44.0 Å². The average Bonchev–Trinajstić information content (AvgIpc) is 3.29. The minimum atomic E-state index is -1.18. The summed E-state index contributed by atoms with van der Waals surface area (Å²) in [5.74, 6) is 0.320. The topological polar surface area (TPSA) is 98.5 Å². The molecule has 0 radical (unpaired) electrons. The summed E-state index contributed by atoms with van der Waals surface area (Å²) in [4.78, 5) is 25.7. The normalized spacial score (nSPS) is 20.9. The zero-order valence-corrected chi connectivity index (χ0v) is 20.0. The zero-order valence-electron chi connectivity index (χ0n) is 20.0. The number of fused-ring (bicyclic) bond motifs is 1. The first kappa shape index (κ1) is 23.1. The molecule has 37 heavy (non-hydrogen) atoms. The summed E-state index contributed by atoms with van der Waals surface area (Å²) in [6, 6.07) is 8.34. The molecule has 8 nitrogen and oxygen atoms in total. The molecular weight excluding hydrogens is 476 g/mol. The first-order chi connectivity index (χ1) is 18.0. The second-order valence-corrected chi connectivity index (χ2v) is 9.32. The average molecular weight is 500 g/mol. The van der Waals surface area contributed by atoms with Crippen LogP contribution < -0.4 is 5.32 Å². The standard InChI is InChI=1S/C27H23F2N7O/c1-15-5-4-7-21(32-15)26-35-34-25(36(26)23-8-3-2-6-20(23)29)16-11-18(12-16)33-27(37)19-9-10-30-22-13-17(28)14-31-24(19)22/h2-5,7-10,13-14,16,18,20H,6,11-12H2,1H3,(H,33,37)/t16-,18-,20?. The number of amides is 1. The van der Waals surface area contributed by atoms with Crippen molar-refractivity contribution < 1.29 is 13.6 Å². The number of aryl methyl sites for hydroxylation is 1. The summed E-state index contributed by atoms with van der Waals surface area (Å²) in [6.07, 6.45) is 8.26. The Morgan fingerprint density at radius 1 is 1.16 bits per heavy atom. The Labute approximate surface area is 211 Å². The number of aromatic nitrogens is 6. The molecule has 2 aliphatic rings. The van der Waals surface area contributed by atoms with E-state index in [-0.39, 0.29) is 24.3 Å². The molecule has 0 bridgehead atoms. The van der Waals surface area contributed by atoms with Gasteiger partial charge < -0.3 is 5.32 Å². The van der Waals surface area contributed by atoms with Crippen LogP contribution in [0.3, 0.4) is 0 Å². The van der Waals surface area contributed by atoms with Crippen molar-refractivity contribution in [2.24, 2.45) is 0 Å². The molecule has 186 valence electrons. The molecule has 0 saturated heterocycles. The minimum Gasteiger partial charge on any atom is -0.349 e. The Kier molecular flexibility index (Phi) is 5.78. The highest BCUT2D eigenvalue weighted by atomic mass is 19.1. The smallest absolute Gasteiger partial charge is 0.253 e. The molecule has 1 amide bonds. The number of nitrogens with zero attached hydrogens (tertiary/aromatic N) is 6. The molecule has 0 aromatic carbocycles. The summed E-state index contributed by atoms with van der Waals surface area (Å²) in [6.45, 7) is 1.89. The lowest BCUT2D eigenvalue weighted by Gasteiger charge is -2.35. The first-order valence-corrected chi connectivity index (χ1v) is 12.1. The fraction of sp³-hybridized carbons (Fsp3) is 0.259. The lowest BCUT2D eigenvalue weighted by Crippen LogP contribution is -2.44. The van der Waals surface area contributed by atoms with Gasteiger partial charge in [0.25, 0.3) is 5.91 Å². The van der Waals surface area contributed by atoms with Gasteiger partial charge in [0.15, 0.2) is 5.82 Å². The van der Waals surface area contributed by atoms with Gasteiger partial charge in [-0.15, -0.1) is 10.2 Å². The van der Waals surface area contributed by atoms with Crippen LogP contribution in [0, 0.1) is 12.7 Å². The third-order valence-corrected chi connectivity index (χ3v) is 6.76. The van der Waals surface area contributed by atoms with E-state index >= 15 is 4.39 Å². The van der Waals surface area contributed by atoms with E-state index in [1.54, 1.807) is 22.8 Å². The quantitative estimate of drug-likeness (QED) is 0.433. The Balaban J connectivity index is 1.25. The van der Waals surface area contributed by atoms with E-state index in [4.69, 9.17) is 0 Å². The number of nitrogens with one attached hydrogen (secondary N) is 1. The second kappa shape index (κ2) is 9.27. The number of allylic oxidation sites excluding steroid dienone is 4. The van der Waals surface area contributed by atoms with Crippen LogP contribution in [0.4, 0.5) is 8.78 Å². The molecule has 1 unspecified atom stereocenters. The highest BCUT2D eigenvalue weighted by Crippen LogP contribution is 2.40. The molecule has 2 aliphatic carbocycles. The van der Waals surface area contributed by atoms with Crippen molar-refractivity contribution in [3.05, 3.63) is 83.9 Å². The number of pyridine rings is 3. The van der Waals surface area contributed by atoms with Crippen LogP contribution in [0.25, 0.3) is 28.2 Å². The van der Waals surface area contributed by atoms with E-state index in [2.05, 4.69) is 30.5 Å². The van der Waals surface area contributed by atoms with E-state index in [0.717, 1.165) is 11.9 Å². The lowest BCUT2D eigenvalue weighted by atomic mass is 9.79. The molecule has 0 aliphatic heterocycles. The zero-order chi connectivity index (χ0) is 25.5. The Morgan fingerprint density at radius 2 is 2.03 bits per heavy atom. The van der Waals surface area contributed by atoms with Gasteiger partial charge in [0.05, 0.1) is 23.0 Å². The van der Waals surface area contributed by atoms with Gasteiger partial charge in [0, 0.05) is 36.3 Å². The number of carbonyl (C=O) groups is 1. The molecule has 1 atom stereocenters. The van der Waals surface area contributed by atoms with Gasteiger partial charge in [0.2, 0.25) is 0 Å². The maximum absolute atomic E-state index is 15.0. The number of hydrogen-bond donors (Lipinski definition) is 1. The van der Waals surface area contributed by atoms with E-state index in [1.165, 1.54) is 12.3 Å². The Bertz CT molecular complexity index is 1570. The van der Waals surface area contributed by atoms with Crippen molar-refractivity contribution in [3.8, 4) is 11.5 Å². The van der Waals surface area contributed by atoms with Crippen molar-refractivity contribution in [1.29, 1.82) is 0 Å². The van der Waals surface area contributed by atoms with E-state index < -0.39 is 12.0 Å². The summed E-state index contributed by atoms with van der Waals surface area (Å²) in [7, 11) is 0. The third kappa shape index (κ3) is 4.28. The molecule has 1 N–H and O–H groups in total. The van der Waals surface area contributed by atoms with Crippen LogP contribution in [0.15, 0.2) is 61.0 Å². The Hall–Kier alpha value is -4.34. The minimum absolute atomic E-state index is 0.0169. The Morgan fingerprint density at radius 3 is 2.84 bits per heavy atom. The van der Waals surface area contributed by atoms with Crippen LogP contribution in [0.5, 0.6) is 0 Å². The van der Waals surface area contributed by atoms with Crippen molar-refractivity contribution in [1.82, 2.24) is 35.0 Å². The number of rotatable bonds is 5. The first-order valence-electron chi connectivity index (χ1n) is 12.1. The largest absolute Gasteiger partial charge is 0.349 e. The second-order valence-electron chi connectivity index (χ2n) is 9.32. The van der Waals surface area contributed by atoms with Crippen LogP contribution >= 0.6 is 0 Å². The van der Waals surface area contributed by atoms with Crippen molar-refractivity contribution in [2.75, 3.05) is 0 Å². The summed E-state index contributed by atoms with van der Waals surface area (Å²) in [5.41, 5.74) is 2.94. The molecule has 4 aromatic heterocycles. The molecular formula is C27H23F2N7O. The maximum atomic E-state index is 15.0. The summed E-state index contributed by atoms with van der Waals surface area (Å²) in [5, 5.41) is 11.9. The van der Waals surface area contributed by atoms with Crippen LogP contribution in [-0.2, 0) is 0 Å². The molecule has 4 heterocycles. The van der Waals surface area contributed by atoms with Gasteiger partial charge in [-0.1, -0.05) is 18.2 Å². The van der Waals surface area contributed by atoms with Gasteiger partial charge in [-0.25, -0.2) is 13.8 Å². The molecule has 0 spiro atoms. The molecule has 1 saturated carbocycles. The number of carbonyl (C=O) groups excluding carboxylic acids is 1. The molecule has 1 fully saturated rings. The van der Waals surface area contributed by atoms with Crippen molar-refractivity contribution in [3.63, 3.8) is 0 Å². The number of alkyl halides is 1. The van der Waals surface area contributed by atoms with E-state index in [1.807, 2.05) is 31.2 Å². The van der Waals surface area contributed by atoms with Crippen LogP contribution in [0.2, 0.25) is 0 Å². The number of halogens is 2.